The summed E-state index contributed by atoms with van der Waals surface area (Å²) in [5.74, 6) is 1.51. The fraction of sp³-hybridized carbons (Fsp3) is 0.333. The zero-order valence-corrected chi connectivity index (χ0v) is 12.9. The Labute approximate surface area is 126 Å². The van der Waals surface area contributed by atoms with E-state index < -0.39 is 0 Å². The predicted molar refractivity (Wildman–Crippen MR) is 86.0 cm³/mol. The van der Waals surface area contributed by atoms with Crippen molar-refractivity contribution in [2.45, 2.75) is 26.8 Å². The molecular formula is C18H23NO2. The lowest BCUT2D eigenvalue weighted by molar-refractivity contribution is 0.287. The van der Waals surface area contributed by atoms with Crippen molar-refractivity contribution in [2.24, 2.45) is 5.73 Å². The van der Waals surface area contributed by atoms with E-state index in [4.69, 9.17) is 15.2 Å². The van der Waals surface area contributed by atoms with Gasteiger partial charge in [0.15, 0.2) is 11.5 Å². The molecular weight excluding hydrogens is 262 g/mol. The summed E-state index contributed by atoms with van der Waals surface area (Å²) in [5, 5.41) is 0. The van der Waals surface area contributed by atoms with Gasteiger partial charge in [0.05, 0.1) is 19.3 Å². The van der Waals surface area contributed by atoms with Gasteiger partial charge >= 0.3 is 0 Å². The summed E-state index contributed by atoms with van der Waals surface area (Å²) < 4.78 is 11.2. The van der Waals surface area contributed by atoms with Crippen molar-refractivity contribution in [1.29, 1.82) is 0 Å². The van der Waals surface area contributed by atoms with E-state index in [0.717, 1.165) is 22.6 Å². The maximum absolute atomic E-state index is 6.38. The highest BCUT2D eigenvalue weighted by atomic mass is 16.5. The Bertz CT molecular complexity index is 596. The van der Waals surface area contributed by atoms with Gasteiger partial charge in [-0.25, -0.2) is 0 Å². The Morgan fingerprint density at radius 3 is 2.24 bits per heavy atom. The molecule has 0 aliphatic heterocycles. The van der Waals surface area contributed by atoms with Gasteiger partial charge in [-0.3, -0.25) is 0 Å². The van der Waals surface area contributed by atoms with Gasteiger partial charge in [0.2, 0.25) is 0 Å². The zero-order chi connectivity index (χ0) is 15.2. The number of ether oxygens (including phenoxy) is 2. The molecule has 0 radical (unpaired) electrons. The number of nitrogens with two attached hydrogens (primary N) is 1. The Morgan fingerprint density at radius 2 is 1.57 bits per heavy atom. The Morgan fingerprint density at radius 1 is 0.905 bits per heavy atom. The molecule has 0 heterocycles. The highest BCUT2D eigenvalue weighted by Gasteiger charge is 2.13. The lowest BCUT2D eigenvalue weighted by Crippen LogP contribution is -2.12. The van der Waals surface area contributed by atoms with Crippen LogP contribution in [0.4, 0.5) is 0 Å². The van der Waals surface area contributed by atoms with Crippen LogP contribution in [-0.4, -0.2) is 13.2 Å². The maximum atomic E-state index is 6.38. The van der Waals surface area contributed by atoms with E-state index in [1.165, 1.54) is 5.56 Å². The highest BCUT2D eigenvalue weighted by Crippen LogP contribution is 2.32. The largest absolute Gasteiger partial charge is 0.490 e. The molecule has 2 N–H and O–H groups in total. The maximum Gasteiger partial charge on any atom is 0.161 e. The van der Waals surface area contributed by atoms with E-state index in [0.29, 0.717) is 13.2 Å². The molecule has 0 amide bonds. The number of hydrogen-bond donors (Lipinski definition) is 1. The monoisotopic (exact) mass is 285 g/mol. The van der Waals surface area contributed by atoms with Gasteiger partial charge in [0.25, 0.3) is 0 Å². The third kappa shape index (κ3) is 3.76. The predicted octanol–water partition coefficient (Wildman–Crippen LogP) is 3.84. The van der Waals surface area contributed by atoms with Crippen LogP contribution in [0, 0.1) is 6.92 Å². The van der Waals surface area contributed by atoms with Gasteiger partial charge in [-0.2, -0.15) is 0 Å². The third-order valence-corrected chi connectivity index (χ3v) is 3.33. The van der Waals surface area contributed by atoms with E-state index >= 15 is 0 Å². The third-order valence-electron chi connectivity index (χ3n) is 3.33. The average Bonchev–Trinajstić information content (AvgIpc) is 2.49. The Balaban J connectivity index is 2.32. The zero-order valence-electron chi connectivity index (χ0n) is 12.9. The van der Waals surface area contributed by atoms with Crippen molar-refractivity contribution in [3.05, 3.63) is 59.2 Å². The minimum atomic E-state index is -0.167. The summed E-state index contributed by atoms with van der Waals surface area (Å²) in [5.41, 5.74) is 9.70. The first kappa shape index (κ1) is 15.4. The molecule has 2 aromatic rings. The molecule has 0 aliphatic rings. The molecule has 0 saturated carbocycles. The molecule has 112 valence electrons. The fourth-order valence-electron chi connectivity index (χ4n) is 2.32. The molecule has 3 nitrogen and oxygen atoms in total. The van der Waals surface area contributed by atoms with Crippen LogP contribution >= 0.6 is 0 Å². The molecule has 0 saturated heterocycles. The highest BCUT2D eigenvalue weighted by molar-refractivity contribution is 5.46. The van der Waals surface area contributed by atoms with E-state index in [1.54, 1.807) is 0 Å². The number of aryl methyl sites for hydroxylation is 1. The van der Waals surface area contributed by atoms with E-state index in [-0.39, 0.29) is 6.04 Å². The van der Waals surface area contributed by atoms with Gasteiger partial charge < -0.3 is 15.2 Å². The second-order valence-corrected chi connectivity index (χ2v) is 4.96. The Hall–Kier alpha value is -2.00. The van der Waals surface area contributed by atoms with E-state index in [2.05, 4.69) is 25.1 Å². The quantitative estimate of drug-likeness (QED) is 0.877. The molecule has 0 fully saturated rings. The topological polar surface area (TPSA) is 44.5 Å². The number of hydrogen-bond acceptors (Lipinski definition) is 3. The molecule has 0 aromatic heterocycles. The van der Waals surface area contributed by atoms with Crippen molar-refractivity contribution in [3.8, 4) is 11.5 Å². The normalized spacial score (nSPS) is 12.0. The standard InChI is InChI=1S/C18H23NO2/c1-4-20-16-10-9-15(12-17(16)21-5-2)18(19)14-8-6-7-13(3)11-14/h6-12,18H,4-5,19H2,1-3H3. The van der Waals surface area contributed by atoms with Crippen molar-refractivity contribution in [1.82, 2.24) is 0 Å². The van der Waals surface area contributed by atoms with Crippen LogP contribution in [0.15, 0.2) is 42.5 Å². The van der Waals surface area contributed by atoms with E-state index in [1.807, 2.05) is 38.1 Å². The lowest BCUT2D eigenvalue weighted by Gasteiger charge is -2.17. The summed E-state index contributed by atoms with van der Waals surface area (Å²) in [6.07, 6.45) is 0. The first-order valence-corrected chi connectivity index (χ1v) is 7.37. The van der Waals surface area contributed by atoms with Gasteiger partial charge in [0.1, 0.15) is 0 Å². The van der Waals surface area contributed by atoms with Crippen LogP contribution in [0.5, 0.6) is 11.5 Å². The minimum absolute atomic E-state index is 0.167. The van der Waals surface area contributed by atoms with Gasteiger partial charge in [-0.1, -0.05) is 35.9 Å². The fourth-order valence-corrected chi connectivity index (χ4v) is 2.32. The molecule has 1 atom stereocenters. The van der Waals surface area contributed by atoms with Gasteiger partial charge in [-0.05, 0) is 44.0 Å². The summed E-state index contributed by atoms with van der Waals surface area (Å²) in [7, 11) is 0. The molecule has 0 aliphatic carbocycles. The first-order valence-electron chi connectivity index (χ1n) is 7.37. The Kier molecular flexibility index (Phi) is 5.23. The van der Waals surface area contributed by atoms with Gasteiger partial charge in [-0.15, -0.1) is 0 Å². The van der Waals surface area contributed by atoms with Crippen LogP contribution in [0.1, 0.15) is 36.6 Å². The first-order chi connectivity index (χ1) is 10.2. The lowest BCUT2D eigenvalue weighted by atomic mass is 9.98. The summed E-state index contributed by atoms with van der Waals surface area (Å²) >= 11 is 0. The summed E-state index contributed by atoms with van der Waals surface area (Å²) in [4.78, 5) is 0. The summed E-state index contributed by atoms with van der Waals surface area (Å²) in [6, 6.07) is 14.0. The van der Waals surface area contributed by atoms with Crippen molar-refractivity contribution in [2.75, 3.05) is 13.2 Å². The van der Waals surface area contributed by atoms with Gasteiger partial charge in [0, 0.05) is 0 Å². The molecule has 2 aromatic carbocycles. The number of benzene rings is 2. The van der Waals surface area contributed by atoms with Crippen LogP contribution < -0.4 is 15.2 Å². The van der Waals surface area contributed by atoms with Crippen molar-refractivity contribution >= 4 is 0 Å². The number of rotatable bonds is 6. The smallest absolute Gasteiger partial charge is 0.161 e. The molecule has 21 heavy (non-hydrogen) atoms. The summed E-state index contributed by atoms with van der Waals surface area (Å²) in [6.45, 7) is 7.21. The molecule has 0 bridgehead atoms. The van der Waals surface area contributed by atoms with Crippen LogP contribution in [-0.2, 0) is 0 Å². The van der Waals surface area contributed by atoms with E-state index in [9.17, 15) is 0 Å². The van der Waals surface area contributed by atoms with Crippen molar-refractivity contribution < 1.29 is 9.47 Å². The SMILES string of the molecule is CCOc1ccc(C(N)c2cccc(C)c2)cc1OCC. The van der Waals surface area contributed by atoms with Crippen LogP contribution in [0.3, 0.4) is 0 Å². The molecule has 2 rings (SSSR count). The van der Waals surface area contributed by atoms with Crippen molar-refractivity contribution in [3.63, 3.8) is 0 Å². The second kappa shape index (κ2) is 7.14. The molecule has 1 unspecified atom stereocenters. The average molecular weight is 285 g/mol. The second-order valence-electron chi connectivity index (χ2n) is 4.96. The minimum Gasteiger partial charge on any atom is -0.490 e. The molecule has 3 heteroatoms. The molecule has 0 spiro atoms. The van der Waals surface area contributed by atoms with Crippen LogP contribution in [0.2, 0.25) is 0 Å². The van der Waals surface area contributed by atoms with Crippen LogP contribution in [0.25, 0.3) is 0 Å².